The molecule has 2 rings (SSSR count). The van der Waals surface area contributed by atoms with E-state index in [1.165, 1.54) is 0 Å². The monoisotopic (exact) mass is 235 g/mol. The number of nitrogens with zero attached hydrogens (tertiary/aromatic N) is 1. The van der Waals surface area contributed by atoms with E-state index in [1.54, 1.807) is 12.1 Å². The maximum Gasteiger partial charge on any atom is 0.295 e. The van der Waals surface area contributed by atoms with Crippen molar-refractivity contribution in [2.24, 2.45) is 0 Å². The number of hydrogen-bond donors (Lipinski definition) is 3. The third-order valence-electron chi connectivity index (χ3n) is 2.52. The van der Waals surface area contributed by atoms with E-state index in [0.717, 1.165) is 18.4 Å². The summed E-state index contributed by atoms with van der Waals surface area (Å²) in [4.78, 5) is 4.24. The molecule has 0 aliphatic rings. The summed E-state index contributed by atoms with van der Waals surface area (Å²) in [5.74, 6) is 0. The lowest BCUT2D eigenvalue weighted by Crippen LogP contribution is -2.19. The second-order valence-corrected chi connectivity index (χ2v) is 4.07. The van der Waals surface area contributed by atoms with E-state index in [0.29, 0.717) is 23.8 Å². The summed E-state index contributed by atoms with van der Waals surface area (Å²) in [7, 11) is 0. The Balaban J connectivity index is 2.04. The van der Waals surface area contributed by atoms with Gasteiger partial charge >= 0.3 is 0 Å². The van der Waals surface area contributed by atoms with Crippen molar-refractivity contribution in [3.05, 3.63) is 18.2 Å². The summed E-state index contributed by atoms with van der Waals surface area (Å²) in [5, 5.41) is 12.5. The van der Waals surface area contributed by atoms with Crippen molar-refractivity contribution in [2.75, 3.05) is 17.6 Å². The van der Waals surface area contributed by atoms with Gasteiger partial charge in [-0.3, -0.25) is 0 Å². The molecule has 5 heteroatoms. The Morgan fingerprint density at radius 1 is 1.53 bits per heavy atom. The summed E-state index contributed by atoms with van der Waals surface area (Å²) in [6.45, 7) is 2.47. The van der Waals surface area contributed by atoms with Crippen LogP contribution in [0.2, 0.25) is 0 Å². The molecule has 0 saturated heterocycles. The minimum absolute atomic E-state index is 0.375. The summed E-state index contributed by atoms with van der Waals surface area (Å²) in [6.07, 6.45) is 1.34. The Bertz CT molecular complexity index is 495. The summed E-state index contributed by atoms with van der Waals surface area (Å²) in [5.41, 5.74) is 7.70. The van der Waals surface area contributed by atoms with Crippen LogP contribution in [0.5, 0.6) is 0 Å². The molecule has 5 nitrogen and oxygen atoms in total. The number of fused-ring (bicyclic) bond motifs is 1. The Morgan fingerprint density at radius 3 is 3.12 bits per heavy atom. The lowest BCUT2D eigenvalue weighted by Gasteiger charge is -2.08. The standard InChI is InChI=1S/C12H17N3O2/c1-2-3-9(16)7-14-12-15-10-5-4-8(13)6-11(10)17-12/h4-6,9,16H,2-3,7,13H2,1H3,(H,14,15). The first-order chi connectivity index (χ1) is 8.19. The largest absolute Gasteiger partial charge is 0.423 e. The predicted octanol–water partition coefficient (Wildman–Crippen LogP) is 1.98. The Morgan fingerprint density at radius 2 is 2.35 bits per heavy atom. The third-order valence-corrected chi connectivity index (χ3v) is 2.52. The highest BCUT2D eigenvalue weighted by Gasteiger charge is 2.07. The highest BCUT2D eigenvalue weighted by Crippen LogP contribution is 2.20. The van der Waals surface area contributed by atoms with Gasteiger partial charge in [0, 0.05) is 18.3 Å². The van der Waals surface area contributed by atoms with Crippen LogP contribution in [0.3, 0.4) is 0 Å². The Hall–Kier alpha value is -1.75. The van der Waals surface area contributed by atoms with Gasteiger partial charge in [0.15, 0.2) is 5.58 Å². The summed E-state index contributed by atoms with van der Waals surface area (Å²) < 4.78 is 5.46. The van der Waals surface area contributed by atoms with Crippen LogP contribution >= 0.6 is 0 Å². The zero-order chi connectivity index (χ0) is 12.3. The summed E-state index contributed by atoms with van der Waals surface area (Å²) in [6, 6.07) is 5.74. The predicted molar refractivity (Wildman–Crippen MR) is 67.8 cm³/mol. The van der Waals surface area contributed by atoms with Gasteiger partial charge in [-0.2, -0.15) is 4.98 Å². The molecule has 0 radical (unpaired) electrons. The fraction of sp³-hybridized carbons (Fsp3) is 0.417. The minimum atomic E-state index is -0.375. The van der Waals surface area contributed by atoms with Crippen LogP contribution in [0, 0.1) is 0 Å². The lowest BCUT2D eigenvalue weighted by atomic mass is 10.2. The molecule has 1 heterocycles. The second-order valence-electron chi connectivity index (χ2n) is 4.07. The maximum atomic E-state index is 9.58. The molecule has 17 heavy (non-hydrogen) atoms. The average Bonchev–Trinajstić information content (AvgIpc) is 2.68. The van der Waals surface area contributed by atoms with Gasteiger partial charge in [-0.05, 0) is 18.6 Å². The number of aliphatic hydroxyl groups is 1. The lowest BCUT2D eigenvalue weighted by molar-refractivity contribution is 0.175. The van der Waals surface area contributed by atoms with Crippen molar-refractivity contribution in [2.45, 2.75) is 25.9 Å². The third kappa shape index (κ3) is 2.88. The first-order valence-electron chi connectivity index (χ1n) is 5.77. The Labute approximate surface area is 99.6 Å². The van der Waals surface area contributed by atoms with Crippen molar-refractivity contribution in [3.63, 3.8) is 0 Å². The van der Waals surface area contributed by atoms with Crippen LogP contribution in [0.1, 0.15) is 19.8 Å². The second kappa shape index (κ2) is 5.05. The first kappa shape index (κ1) is 11.7. The average molecular weight is 235 g/mol. The van der Waals surface area contributed by atoms with Gasteiger partial charge in [0.1, 0.15) is 5.52 Å². The van der Waals surface area contributed by atoms with Gasteiger partial charge in [-0.15, -0.1) is 0 Å². The molecule has 1 unspecified atom stereocenters. The van der Waals surface area contributed by atoms with E-state index in [9.17, 15) is 5.11 Å². The molecule has 0 aliphatic carbocycles. The Kier molecular flexibility index (Phi) is 3.49. The number of aromatic nitrogens is 1. The molecule has 4 N–H and O–H groups in total. The van der Waals surface area contributed by atoms with Crippen LogP contribution in [-0.2, 0) is 0 Å². The summed E-state index contributed by atoms with van der Waals surface area (Å²) >= 11 is 0. The molecule has 1 aromatic heterocycles. The molecular formula is C12H17N3O2. The topological polar surface area (TPSA) is 84.3 Å². The van der Waals surface area contributed by atoms with Gasteiger partial charge in [0.05, 0.1) is 6.10 Å². The maximum absolute atomic E-state index is 9.58. The van der Waals surface area contributed by atoms with Gasteiger partial charge in [-0.25, -0.2) is 0 Å². The van der Waals surface area contributed by atoms with Crippen molar-refractivity contribution >= 4 is 22.8 Å². The number of benzene rings is 1. The van der Waals surface area contributed by atoms with Crippen LogP contribution in [0.15, 0.2) is 22.6 Å². The number of nitrogens with one attached hydrogen (secondary N) is 1. The van der Waals surface area contributed by atoms with Gasteiger partial charge < -0.3 is 20.6 Å². The SMILES string of the molecule is CCCC(O)CNc1nc2ccc(N)cc2o1. The number of aliphatic hydroxyl groups excluding tert-OH is 1. The molecule has 0 bridgehead atoms. The minimum Gasteiger partial charge on any atom is -0.423 e. The van der Waals surface area contributed by atoms with Crippen LogP contribution in [-0.4, -0.2) is 22.7 Å². The quantitative estimate of drug-likeness (QED) is 0.690. The number of oxazole rings is 1. The molecule has 1 atom stereocenters. The van der Waals surface area contributed by atoms with E-state index in [4.69, 9.17) is 10.2 Å². The number of nitrogen functional groups attached to an aromatic ring is 1. The van der Waals surface area contributed by atoms with E-state index in [2.05, 4.69) is 10.3 Å². The molecule has 0 saturated carbocycles. The van der Waals surface area contributed by atoms with E-state index in [-0.39, 0.29) is 6.10 Å². The van der Waals surface area contributed by atoms with Gasteiger partial charge in [0.2, 0.25) is 0 Å². The van der Waals surface area contributed by atoms with Crippen LogP contribution < -0.4 is 11.1 Å². The zero-order valence-electron chi connectivity index (χ0n) is 9.81. The van der Waals surface area contributed by atoms with E-state index < -0.39 is 0 Å². The highest BCUT2D eigenvalue weighted by atomic mass is 16.4. The highest BCUT2D eigenvalue weighted by molar-refractivity contribution is 5.78. The van der Waals surface area contributed by atoms with Crippen LogP contribution in [0.4, 0.5) is 11.7 Å². The number of nitrogens with two attached hydrogens (primary N) is 1. The van der Waals surface area contributed by atoms with Crippen molar-refractivity contribution in [3.8, 4) is 0 Å². The fourth-order valence-electron chi connectivity index (χ4n) is 1.66. The molecule has 92 valence electrons. The van der Waals surface area contributed by atoms with Gasteiger partial charge in [0.25, 0.3) is 6.01 Å². The molecule has 2 aromatic rings. The number of hydrogen-bond acceptors (Lipinski definition) is 5. The zero-order valence-corrected chi connectivity index (χ0v) is 9.81. The molecule has 0 aliphatic heterocycles. The molecule has 1 aromatic carbocycles. The first-order valence-corrected chi connectivity index (χ1v) is 5.77. The molecular weight excluding hydrogens is 218 g/mol. The number of anilines is 2. The van der Waals surface area contributed by atoms with Crippen molar-refractivity contribution < 1.29 is 9.52 Å². The molecule has 0 spiro atoms. The van der Waals surface area contributed by atoms with Crippen LogP contribution in [0.25, 0.3) is 11.1 Å². The van der Waals surface area contributed by atoms with E-state index in [1.807, 2.05) is 13.0 Å². The smallest absolute Gasteiger partial charge is 0.295 e. The van der Waals surface area contributed by atoms with Crippen molar-refractivity contribution in [1.82, 2.24) is 4.98 Å². The molecule has 0 amide bonds. The van der Waals surface area contributed by atoms with Gasteiger partial charge in [-0.1, -0.05) is 13.3 Å². The molecule has 0 fully saturated rings. The van der Waals surface area contributed by atoms with E-state index >= 15 is 0 Å². The fourth-order valence-corrected chi connectivity index (χ4v) is 1.66. The number of rotatable bonds is 5. The normalized spacial score (nSPS) is 12.8. The van der Waals surface area contributed by atoms with Crippen molar-refractivity contribution in [1.29, 1.82) is 0 Å².